The topological polar surface area (TPSA) is 95.6 Å². The van der Waals surface area contributed by atoms with Crippen LogP contribution in [0.25, 0.3) is 0 Å². The van der Waals surface area contributed by atoms with Crippen LogP contribution in [0.3, 0.4) is 0 Å². The Morgan fingerprint density at radius 3 is 2.36 bits per heavy atom. The molecule has 1 atom stereocenters. The minimum absolute atomic E-state index is 0.0536. The Labute approximate surface area is 168 Å². The third-order valence-electron chi connectivity index (χ3n) is 4.54. The van der Waals surface area contributed by atoms with Crippen molar-refractivity contribution in [3.05, 3.63) is 65.2 Å². The molecule has 28 heavy (non-hydrogen) atoms. The van der Waals surface area contributed by atoms with Gasteiger partial charge in [-0.1, -0.05) is 29.8 Å². The number of carbonyl (C=O) groups excluding carboxylic acids is 2. The van der Waals surface area contributed by atoms with Crippen LogP contribution < -0.4 is 10.9 Å². The Morgan fingerprint density at radius 1 is 1.00 bits per heavy atom. The largest absolute Gasteiger partial charge is 0.273 e. The van der Waals surface area contributed by atoms with E-state index in [1.54, 1.807) is 30.3 Å². The summed E-state index contributed by atoms with van der Waals surface area (Å²) >= 11 is 5.82. The fourth-order valence-electron chi connectivity index (χ4n) is 3.01. The first kappa shape index (κ1) is 20.3. The lowest BCUT2D eigenvalue weighted by Gasteiger charge is -2.31. The van der Waals surface area contributed by atoms with E-state index in [9.17, 15) is 18.0 Å². The van der Waals surface area contributed by atoms with Crippen molar-refractivity contribution in [1.82, 2.24) is 15.2 Å². The monoisotopic (exact) mass is 421 g/mol. The first-order valence-electron chi connectivity index (χ1n) is 8.79. The number of piperidine rings is 1. The zero-order chi connectivity index (χ0) is 20.1. The number of sulfonamides is 1. The second-order valence-corrected chi connectivity index (χ2v) is 8.84. The van der Waals surface area contributed by atoms with Crippen LogP contribution in [0.15, 0.2) is 59.5 Å². The molecule has 2 amide bonds. The van der Waals surface area contributed by atoms with E-state index in [2.05, 4.69) is 10.9 Å². The molecule has 2 aromatic carbocycles. The van der Waals surface area contributed by atoms with E-state index in [-0.39, 0.29) is 11.4 Å². The zero-order valence-corrected chi connectivity index (χ0v) is 16.5. The molecule has 0 radical (unpaired) electrons. The Bertz CT molecular complexity index is 949. The number of benzene rings is 2. The van der Waals surface area contributed by atoms with Crippen molar-refractivity contribution in [2.24, 2.45) is 5.92 Å². The third-order valence-corrected chi connectivity index (χ3v) is 6.67. The van der Waals surface area contributed by atoms with Gasteiger partial charge in [-0.05, 0) is 49.2 Å². The van der Waals surface area contributed by atoms with Gasteiger partial charge < -0.3 is 0 Å². The van der Waals surface area contributed by atoms with Crippen molar-refractivity contribution < 1.29 is 18.0 Å². The van der Waals surface area contributed by atoms with Crippen molar-refractivity contribution in [2.45, 2.75) is 17.7 Å². The first-order valence-corrected chi connectivity index (χ1v) is 10.6. The lowest BCUT2D eigenvalue weighted by atomic mass is 9.99. The number of rotatable bonds is 4. The summed E-state index contributed by atoms with van der Waals surface area (Å²) in [6.45, 7) is 0.392. The molecule has 148 valence electrons. The predicted octanol–water partition coefficient (Wildman–Crippen LogP) is 2.20. The van der Waals surface area contributed by atoms with Crippen molar-refractivity contribution in [3.8, 4) is 0 Å². The number of carbonyl (C=O) groups is 2. The van der Waals surface area contributed by atoms with Gasteiger partial charge in [-0.3, -0.25) is 20.4 Å². The van der Waals surface area contributed by atoms with Crippen LogP contribution in [-0.4, -0.2) is 37.6 Å². The Balaban J connectivity index is 1.61. The summed E-state index contributed by atoms with van der Waals surface area (Å²) in [5.74, 6) is -1.40. The van der Waals surface area contributed by atoms with Crippen LogP contribution >= 0.6 is 11.6 Å². The molecule has 1 aliphatic rings. The molecule has 1 heterocycles. The maximum absolute atomic E-state index is 12.8. The highest BCUT2D eigenvalue weighted by molar-refractivity contribution is 7.89. The summed E-state index contributed by atoms with van der Waals surface area (Å²) in [4.78, 5) is 24.6. The van der Waals surface area contributed by atoms with Gasteiger partial charge in [0.1, 0.15) is 0 Å². The minimum atomic E-state index is -3.71. The summed E-state index contributed by atoms with van der Waals surface area (Å²) in [5.41, 5.74) is 5.17. The molecule has 3 rings (SSSR count). The molecular weight excluding hydrogens is 402 g/mol. The molecule has 1 fully saturated rings. The average Bonchev–Trinajstić information content (AvgIpc) is 2.72. The smallest absolute Gasteiger partial charge is 0.269 e. The van der Waals surface area contributed by atoms with E-state index in [4.69, 9.17) is 11.6 Å². The quantitative estimate of drug-likeness (QED) is 0.740. The number of halogens is 1. The summed E-state index contributed by atoms with van der Waals surface area (Å²) in [5, 5.41) is 0.448. The number of nitrogens with zero attached hydrogens (tertiary/aromatic N) is 1. The maximum Gasteiger partial charge on any atom is 0.269 e. The van der Waals surface area contributed by atoms with E-state index >= 15 is 0 Å². The van der Waals surface area contributed by atoms with Crippen LogP contribution in [0.1, 0.15) is 23.2 Å². The van der Waals surface area contributed by atoms with Crippen LogP contribution in [0, 0.1) is 5.92 Å². The van der Waals surface area contributed by atoms with Crippen LogP contribution in [0.5, 0.6) is 0 Å². The van der Waals surface area contributed by atoms with E-state index in [1.165, 1.54) is 28.6 Å². The lowest BCUT2D eigenvalue weighted by molar-refractivity contribution is -0.126. The van der Waals surface area contributed by atoms with Gasteiger partial charge in [0.05, 0.1) is 10.8 Å². The van der Waals surface area contributed by atoms with Gasteiger partial charge in [0.15, 0.2) is 0 Å². The molecule has 1 unspecified atom stereocenters. The van der Waals surface area contributed by atoms with Crippen molar-refractivity contribution in [1.29, 1.82) is 0 Å². The molecule has 0 spiro atoms. The molecule has 0 saturated carbocycles. The molecule has 9 heteroatoms. The minimum Gasteiger partial charge on any atom is -0.273 e. The van der Waals surface area contributed by atoms with Crippen molar-refractivity contribution in [3.63, 3.8) is 0 Å². The molecule has 1 aliphatic heterocycles. The highest BCUT2D eigenvalue weighted by Crippen LogP contribution is 2.24. The Morgan fingerprint density at radius 2 is 1.68 bits per heavy atom. The van der Waals surface area contributed by atoms with Gasteiger partial charge in [-0.25, -0.2) is 8.42 Å². The molecule has 0 bridgehead atoms. The maximum atomic E-state index is 12.8. The fourth-order valence-corrected chi connectivity index (χ4v) is 4.66. The summed E-state index contributed by atoms with van der Waals surface area (Å²) in [7, 11) is -3.71. The van der Waals surface area contributed by atoms with Gasteiger partial charge >= 0.3 is 0 Å². The van der Waals surface area contributed by atoms with E-state index in [0.29, 0.717) is 30.0 Å². The van der Waals surface area contributed by atoms with Crippen molar-refractivity contribution >= 4 is 33.4 Å². The molecule has 2 aromatic rings. The van der Waals surface area contributed by atoms with Gasteiger partial charge in [-0.15, -0.1) is 0 Å². The Kier molecular flexibility index (Phi) is 6.33. The number of nitrogens with one attached hydrogen (secondary N) is 2. The highest BCUT2D eigenvalue weighted by atomic mass is 35.5. The van der Waals surface area contributed by atoms with Crippen LogP contribution in [0.2, 0.25) is 5.02 Å². The molecule has 0 aliphatic carbocycles. The lowest BCUT2D eigenvalue weighted by Crippen LogP contribution is -2.50. The first-order chi connectivity index (χ1) is 13.4. The van der Waals surface area contributed by atoms with Gasteiger partial charge in [0, 0.05) is 23.7 Å². The number of hydrogen-bond donors (Lipinski definition) is 2. The molecular formula is C19H20ClN3O4S. The highest BCUT2D eigenvalue weighted by Gasteiger charge is 2.33. The van der Waals surface area contributed by atoms with Crippen molar-refractivity contribution in [2.75, 3.05) is 13.1 Å². The van der Waals surface area contributed by atoms with E-state index in [1.807, 2.05) is 0 Å². The number of amides is 2. The van der Waals surface area contributed by atoms with E-state index < -0.39 is 27.8 Å². The predicted molar refractivity (Wildman–Crippen MR) is 105 cm³/mol. The standard InChI is InChI=1S/C19H20ClN3O4S/c20-16-8-10-17(11-9-16)28(26,27)23-12-4-7-15(13-23)19(25)22-21-18(24)14-5-2-1-3-6-14/h1-3,5-6,8-11,15H,4,7,12-13H2,(H,21,24)(H,22,25). The summed E-state index contributed by atoms with van der Waals surface area (Å²) < 4.78 is 26.9. The van der Waals surface area contributed by atoms with Crippen LogP contribution in [0.4, 0.5) is 0 Å². The summed E-state index contributed by atoms with van der Waals surface area (Å²) in [6.07, 6.45) is 1.09. The average molecular weight is 422 g/mol. The molecule has 1 saturated heterocycles. The zero-order valence-electron chi connectivity index (χ0n) is 15.0. The van der Waals surface area contributed by atoms with Gasteiger partial charge in [-0.2, -0.15) is 4.31 Å². The fraction of sp³-hybridized carbons (Fsp3) is 0.263. The molecule has 0 aromatic heterocycles. The molecule has 2 N–H and O–H groups in total. The Hall–Kier alpha value is -2.42. The number of hydrazine groups is 1. The third kappa shape index (κ3) is 4.70. The van der Waals surface area contributed by atoms with Gasteiger partial charge in [0.25, 0.3) is 5.91 Å². The van der Waals surface area contributed by atoms with Crippen LogP contribution in [-0.2, 0) is 14.8 Å². The summed E-state index contributed by atoms with van der Waals surface area (Å²) in [6, 6.07) is 14.4. The normalized spacial score (nSPS) is 17.7. The molecule has 7 nitrogen and oxygen atoms in total. The van der Waals surface area contributed by atoms with E-state index in [0.717, 1.165) is 0 Å². The number of hydrogen-bond acceptors (Lipinski definition) is 4. The SMILES string of the molecule is O=C(NNC(=O)C1CCCN(S(=O)(=O)c2ccc(Cl)cc2)C1)c1ccccc1. The second kappa shape index (κ2) is 8.72. The second-order valence-electron chi connectivity index (χ2n) is 6.47. The van der Waals surface area contributed by atoms with Gasteiger partial charge in [0.2, 0.25) is 15.9 Å².